The van der Waals surface area contributed by atoms with E-state index >= 15 is 0 Å². The SMILES string of the molecule is CCCc1ccc(C2=Cc3cc(F)c(F)c(F)c3CC2)cc1. The average molecular weight is 302 g/mol. The van der Waals surface area contributed by atoms with Crippen LogP contribution in [0.3, 0.4) is 0 Å². The molecule has 3 rings (SSSR count). The van der Waals surface area contributed by atoms with E-state index in [1.165, 1.54) is 5.56 Å². The van der Waals surface area contributed by atoms with Crippen molar-refractivity contribution in [1.82, 2.24) is 0 Å². The number of hydrogen-bond donors (Lipinski definition) is 0. The van der Waals surface area contributed by atoms with Crippen molar-refractivity contribution in [3.05, 3.63) is 70.0 Å². The van der Waals surface area contributed by atoms with Gasteiger partial charge in [-0.3, -0.25) is 0 Å². The molecule has 1 aliphatic rings. The maximum Gasteiger partial charge on any atom is 0.194 e. The Hall–Kier alpha value is -2.03. The van der Waals surface area contributed by atoms with E-state index in [0.717, 1.165) is 30.0 Å². The van der Waals surface area contributed by atoms with Crippen molar-refractivity contribution in [2.45, 2.75) is 32.6 Å². The summed E-state index contributed by atoms with van der Waals surface area (Å²) in [6.45, 7) is 2.14. The van der Waals surface area contributed by atoms with Crippen LogP contribution in [0.25, 0.3) is 11.6 Å². The largest absolute Gasteiger partial charge is 0.204 e. The Balaban J connectivity index is 1.97. The van der Waals surface area contributed by atoms with E-state index in [1.54, 1.807) is 6.08 Å². The molecule has 2 aromatic rings. The molecule has 0 fully saturated rings. The first kappa shape index (κ1) is 14.9. The molecule has 0 nitrogen and oxygen atoms in total. The van der Waals surface area contributed by atoms with Gasteiger partial charge in [-0.2, -0.15) is 0 Å². The van der Waals surface area contributed by atoms with Crippen LogP contribution in [0.15, 0.2) is 30.3 Å². The Labute approximate surface area is 128 Å². The molecule has 1 aliphatic carbocycles. The number of fused-ring (bicyclic) bond motifs is 1. The Kier molecular flexibility index (Phi) is 4.06. The summed E-state index contributed by atoms with van der Waals surface area (Å²) in [7, 11) is 0. The molecule has 0 saturated heterocycles. The number of rotatable bonds is 3. The highest BCUT2D eigenvalue weighted by atomic mass is 19.2. The third-order valence-corrected chi connectivity index (χ3v) is 4.14. The molecule has 2 aromatic carbocycles. The summed E-state index contributed by atoms with van der Waals surface area (Å²) in [4.78, 5) is 0. The molecule has 114 valence electrons. The Morgan fingerprint density at radius 1 is 0.955 bits per heavy atom. The van der Waals surface area contributed by atoms with Crippen LogP contribution in [-0.4, -0.2) is 0 Å². The molecule has 22 heavy (non-hydrogen) atoms. The van der Waals surface area contributed by atoms with Crippen LogP contribution >= 0.6 is 0 Å². The van der Waals surface area contributed by atoms with E-state index in [0.29, 0.717) is 18.4 Å². The molecule has 0 spiro atoms. The van der Waals surface area contributed by atoms with Crippen molar-refractivity contribution >= 4 is 11.6 Å². The maximum absolute atomic E-state index is 13.8. The quantitative estimate of drug-likeness (QED) is 0.653. The highest BCUT2D eigenvalue weighted by molar-refractivity contribution is 5.84. The summed E-state index contributed by atoms with van der Waals surface area (Å²) in [5, 5.41) is 0. The van der Waals surface area contributed by atoms with Gasteiger partial charge in [-0.1, -0.05) is 43.7 Å². The first-order valence-electron chi connectivity index (χ1n) is 7.56. The lowest BCUT2D eigenvalue weighted by molar-refractivity contribution is 0.440. The molecule has 0 atom stereocenters. The minimum atomic E-state index is -1.38. The molecule has 0 aromatic heterocycles. The Bertz CT molecular complexity index is 727. The van der Waals surface area contributed by atoms with Crippen LogP contribution in [0.1, 0.15) is 42.0 Å². The zero-order valence-corrected chi connectivity index (χ0v) is 12.4. The first-order valence-corrected chi connectivity index (χ1v) is 7.56. The molecule has 0 aliphatic heterocycles. The molecule has 3 heteroatoms. The lowest BCUT2D eigenvalue weighted by atomic mass is 9.88. The average Bonchev–Trinajstić information content (AvgIpc) is 2.53. The standard InChI is InChI=1S/C19H17F3/c1-2-3-12-4-6-13(7-5-12)14-8-9-16-15(10-14)11-17(20)19(22)18(16)21/h4-7,10-11H,2-3,8-9H2,1H3. The fourth-order valence-corrected chi connectivity index (χ4v) is 2.96. The van der Waals surface area contributed by atoms with Crippen molar-refractivity contribution in [3.63, 3.8) is 0 Å². The molecule has 0 saturated carbocycles. The molecule has 0 N–H and O–H groups in total. The van der Waals surface area contributed by atoms with E-state index in [1.807, 2.05) is 12.1 Å². The second-order valence-electron chi connectivity index (χ2n) is 5.67. The molecular formula is C19H17F3. The summed E-state index contributed by atoms with van der Waals surface area (Å²) in [5.41, 5.74) is 4.07. The fraction of sp³-hybridized carbons (Fsp3) is 0.263. The van der Waals surface area contributed by atoms with Crippen LogP contribution in [0.5, 0.6) is 0 Å². The summed E-state index contributed by atoms with van der Waals surface area (Å²) in [6, 6.07) is 9.33. The van der Waals surface area contributed by atoms with E-state index in [-0.39, 0.29) is 5.56 Å². The topological polar surface area (TPSA) is 0 Å². The lowest BCUT2D eigenvalue weighted by Gasteiger charge is -2.18. The molecular weight excluding hydrogens is 285 g/mol. The third kappa shape index (κ3) is 2.68. The molecule has 0 bridgehead atoms. The van der Waals surface area contributed by atoms with Crippen LogP contribution in [0.2, 0.25) is 0 Å². The third-order valence-electron chi connectivity index (χ3n) is 4.14. The highest BCUT2D eigenvalue weighted by Crippen LogP contribution is 2.33. The lowest BCUT2D eigenvalue weighted by Crippen LogP contribution is -2.06. The van der Waals surface area contributed by atoms with Gasteiger partial charge in [-0.05, 0) is 53.2 Å². The smallest absolute Gasteiger partial charge is 0.194 e. The van der Waals surface area contributed by atoms with Crippen molar-refractivity contribution in [2.24, 2.45) is 0 Å². The minimum Gasteiger partial charge on any atom is -0.204 e. The van der Waals surface area contributed by atoms with Crippen molar-refractivity contribution in [2.75, 3.05) is 0 Å². The highest BCUT2D eigenvalue weighted by Gasteiger charge is 2.21. The van der Waals surface area contributed by atoms with Crippen molar-refractivity contribution < 1.29 is 13.2 Å². The van der Waals surface area contributed by atoms with E-state index in [9.17, 15) is 13.2 Å². The summed E-state index contributed by atoms with van der Waals surface area (Å²) >= 11 is 0. The number of benzene rings is 2. The normalized spacial score (nSPS) is 13.7. The molecule has 0 radical (unpaired) electrons. The summed E-state index contributed by atoms with van der Waals surface area (Å²) in [5.74, 6) is -3.56. The van der Waals surface area contributed by atoms with Gasteiger partial charge >= 0.3 is 0 Å². The predicted molar refractivity (Wildman–Crippen MR) is 82.9 cm³/mol. The number of allylic oxidation sites excluding steroid dienone is 1. The van der Waals surface area contributed by atoms with Crippen LogP contribution in [0, 0.1) is 17.5 Å². The van der Waals surface area contributed by atoms with Gasteiger partial charge < -0.3 is 0 Å². The number of hydrogen-bond acceptors (Lipinski definition) is 0. The second-order valence-corrected chi connectivity index (χ2v) is 5.67. The van der Waals surface area contributed by atoms with Gasteiger partial charge in [-0.15, -0.1) is 0 Å². The zero-order valence-electron chi connectivity index (χ0n) is 12.4. The predicted octanol–water partition coefficient (Wildman–Crippen LogP) is 5.54. The van der Waals surface area contributed by atoms with Crippen molar-refractivity contribution in [3.8, 4) is 0 Å². The van der Waals surface area contributed by atoms with Gasteiger partial charge in [0.1, 0.15) is 0 Å². The fourth-order valence-electron chi connectivity index (χ4n) is 2.96. The number of halogens is 3. The van der Waals surface area contributed by atoms with Gasteiger partial charge in [0.05, 0.1) is 0 Å². The van der Waals surface area contributed by atoms with Crippen LogP contribution < -0.4 is 0 Å². The van der Waals surface area contributed by atoms with Gasteiger partial charge in [0, 0.05) is 0 Å². The van der Waals surface area contributed by atoms with Gasteiger partial charge in [-0.25, -0.2) is 13.2 Å². The Morgan fingerprint density at radius 2 is 1.68 bits per heavy atom. The second kappa shape index (κ2) is 5.99. The van der Waals surface area contributed by atoms with Gasteiger partial charge in [0.25, 0.3) is 0 Å². The Morgan fingerprint density at radius 3 is 2.36 bits per heavy atom. The zero-order chi connectivity index (χ0) is 15.7. The first-order chi connectivity index (χ1) is 10.6. The monoisotopic (exact) mass is 302 g/mol. The molecule has 0 heterocycles. The maximum atomic E-state index is 13.8. The van der Waals surface area contributed by atoms with Gasteiger partial charge in [0.15, 0.2) is 17.5 Å². The molecule has 0 amide bonds. The van der Waals surface area contributed by atoms with Crippen LogP contribution in [-0.2, 0) is 12.8 Å². The van der Waals surface area contributed by atoms with E-state index in [4.69, 9.17) is 0 Å². The van der Waals surface area contributed by atoms with Crippen molar-refractivity contribution in [1.29, 1.82) is 0 Å². The van der Waals surface area contributed by atoms with Gasteiger partial charge in [0.2, 0.25) is 0 Å². The molecule has 0 unspecified atom stereocenters. The van der Waals surface area contributed by atoms with Crippen LogP contribution in [0.4, 0.5) is 13.2 Å². The summed E-state index contributed by atoms with van der Waals surface area (Å²) in [6.07, 6.45) is 4.92. The number of aryl methyl sites for hydroxylation is 1. The minimum absolute atomic E-state index is 0.269. The summed E-state index contributed by atoms with van der Waals surface area (Å²) < 4.78 is 40.4. The van der Waals surface area contributed by atoms with E-state index in [2.05, 4.69) is 19.1 Å². The van der Waals surface area contributed by atoms with E-state index < -0.39 is 17.5 Å².